The second-order valence-electron chi connectivity index (χ2n) is 3.35. The Morgan fingerprint density at radius 3 is 2.94 bits per heavy atom. The van der Waals surface area contributed by atoms with Gasteiger partial charge in [-0.25, -0.2) is 4.79 Å². The van der Waals surface area contributed by atoms with E-state index >= 15 is 0 Å². The van der Waals surface area contributed by atoms with Crippen molar-refractivity contribution in [1.29, 1.82) is 0 Å². The van der Waals surface area contributed by atoms with E-state index in [0.29, 0.717) is 16.2 Å². The smallest absolute Gasteiger partial charge is 0.349 e. The number of hydrogen-bond acceptors (Lipinski definition) is 4. The number of aryl methyl sites for hydroxylation is 1. The Morgan fingerprint density at radius 1 is 1.59 bits per heavy atom. The molecule has 90 valence electrons. The predicted octanol–water partition coefficient (Wildman–Crippen LogP) is 3.69. The van der Waals surface area contributed by atoms with Crippen molar-refractivity contribution in [3.8, 4) is 5.75 Å². The van der Waals surface area contributed by atoms with Crippen LogP contribution in [0.1, 0.15) is 20.3 Å². The first-order valence-corrected chi connectivity index (χ1v) is 6.38. The molecule has 0 spiro atoms. The van der Waals surface area contributed by atoms with Crippen molar-refractivity contribution in [2.45, 2.75) is 13.5 Å². The molecule has 2 aromatic rings. The molecule has 0 atom stereocenters. The van der Waals surface area contributed by atoms with Gasteiger partial charge in [0.2, 0.25) is 0 Å². The van der Waals surface area contributed by atoms with Crippen molar-refractivity contribution in [2.75, 3.05) is 0 Å². The van der Waals surface area contributed by atoms with Crippen molar-refractivity contribution in [3.05, 3.63) is 38.4 Å². The molecule has 0 fully saturated rings. The molecule has 0 unspecified atom stereocenters. The second-order valence-corrected chi connectivity index (χ2v) is 5.39. The van der Waals surface area contributed by atoms with E-state index in [0.717, 1.165) is 4.88 Å². The lowest BCUT2D eigenvalue weighted by Gasteiger charge is -2.02. The highest BCUT2D eigenvalue weighted by molar-refractivity contribution is 9.10. The van der Waals surface area contributed by atoms with E-state index < -0.39 is 5.97 Å². The van der Waals surface area contributed by atoms with Gasteiger partial charge < -0.3 is 14.3 Å². The number of carboxylic acid groups (broad SMARTS) is 1. The van der Waals surface area contributed by atoms with Gasteiger partial charge in [-0.05, 0) is 41.1 Å². The van der Waals surface area contributed by atoms with E-state index in [-0.39, 0.29) is 11.5 Å². The highest BCUT2D eigenvalue weighted by atomic mass is 79.9. The van der Waals surface area contributed by atoms with Gasteiger partial charge in [-0.2, -0.15) is 0 Å². The van der Waals surface area contributed by atoms with Crippen LogP contribution in [0.2, 0.25) is 0 Å². The molecule has 0 aromatic carbocycles. The molecule has 0 aliphatic rings. The van der Waals surface area contributed by atoms with Gasteiger partial charge in [-0.15, -0.1) is 11.3 Å². The number of halogens is 1. The summed E-state index contributed by atoms with van der Waals surface area (Å²) in [5.41, 5.74) is 0. The monoisotopic (exact) mass is 316 g/mol. The molecular weight excluding hydrogens is 308 g/mol. The van der Waals surface area contributed by atoms with Crippen LogP contribution in [0.3, 0.4) is 0 Å². The third kappa shape index (κ3) is 2.89. The van der Waals surface area contributed by atoms with E-state index in [1.54, 1.807) is 18.2 Å². The van der Waals surface area contributed by atoms with Crippen molar-refractivity contribution in [2.24, 2.45) is 0 Å². The first-order chi connectivity index (χ1) is 8.06. The number of hydrogen-bond donors (Lipinski definition) is 1. The van der Waals surface area contributed by atoms with Crippen molar-refractivity contribution in [1.82, 2.24) is 0 Å². The molecule has 0 aliphatic heterocycles. The van der Waals surface area contributed by atoms with Gasteiger partial charge in [0.1, 0.15) is 18.1 Å². The van der Waals surface area contributed by atoms with Crippen LogP contribution < -0.4 is 4.74 Å². The molecule has 0 saturated carbocycles. The summed E-state index contributed by atoms with van der Waals surface area (Å²) in [6.45, 7) is 2.05. The summed E-state index contributed by atoms with van der Waals surface area (Å²) in [6.07, 6.45) is 0. The highest BCUT2D eigenvalue weighted by Gasteiger charge is 2.15. The molecule has 1 N–H and O–H groups in total. The van der Waals surface area contributed by atoms with Gasteiger partial charge in [0.25, 0.3) is 0 Å². The molecular formula is C11H9BrO4S. The maximum Gasteiger partial charge on any atom is 0.349 e. The number of rotatable bonds is 4. The molecule has 0 radical (unpaired) electrons. The van der Waals surface area contributed by atoms with Crippen LogP contribution in [0.5, 0.6) is 5.75 Å². The Hall–Kier alpha value is -1.27. The van der Waals surface area contributed by atoms with Gasteiger partial charge in [-0.1, -0.05) is 0 Å². The van der Waals surface area contributed by atoms with Gasteiger partial charge in [0.15, 0.2) is 9.55 Å². The van der Waals surface area contributed by atoms with Crippen LogP contribution in [0.25, 0.3) is 0 Å². The third-order valence-corrected chi connectivity index (χ3v) is 3.46. The number of aromatic carboxylic acids is 1. The van der Waals surface area contributed by atoms with Gasteiger partial charge in [0, 0.05) is 4.88 Å². The Balaban J connectivity index is 2.11. The fourth-order valence-electron chi connectivity index (χ4n) is 1.33. The minimum Gasteiger partial charge on any atom is -0.484 e. The summed E-state index contributed by atoms with van der Waals surface area (Å²) >= 11 is 4.38. The topological polar surface area (TPSA) is 59.7 Å². The largest absolute Gasteiger partial charge is 0.484 e. The zero-order valence-corrected chi connectivity index (χ0v) is 11.3. The molecule has 0 aliphatic carbocycles. The van der Waals surface area contributed by atoms with E-state index in [1.165, 1.54) is 11.3 Å². The summed E-state index contributed by atoms with van der Waals surface area (Å²) in [7, 11) is 0. The average molecular weight is 317 g/mol. The number of furan rings is 1. The summed E-state index contributed by atoms with van der Waals surface area (Å²) < 4.78 is 11.3. The minimum absolute atomic E-state index is 0.210. The molecule has 0 bridgehead atoms. The summed E-state index contributed by atoms with van der Waals surface area (Å²) in [5, 5.41) is 8.98. The summed E-state index contributed by atoms with van der Waals surface area (Å²) in [4.78, 5) is 12.1. The lowest BCUT2D eigenvalue weighted by molar-refractivity contribution is 0.0697. The Kier molecular flexibility index (Phi) is 3.54. The molecule has 0 amide bonds. The lowest BCUT2D eigenvalue weighted by Crippen LogP contribution is -1.99. The molecule has 4 nitrogen and oxygen atoms in total. The second kappa shape index (κ2) is 4.93. The number of carbonyl (C=O) groups is 1. The zero-order valence-electron chi connectivity index (χ0n) is 8.90. The van der Waals surface area contributed by atoms with Gasteiger partial charge >= 0.3 is 5.97 Å². The maximum absolute atomic E-state index is 11.0. The Morgan fingerprint density at radius 2 is 2.35 bits per heavy atom. The molecule has 6 heteroatoms. The van der Waals surface area contributed by atoms with E-state index in [9.17, 15) is 4.79 Å². The van der Waals surface area contributed by atoms with Crippen LogP contribution in [0, 0.1) is 6.92 Å². The zero-order chi connectivity index (χ0) is 12.4. The first-order valence-electron chi connectivity index (χ1n) is 4.77. The van der Waals surface area contributed by atoms with Crippen molar-refractivity contribution >= 4 is 33.2 Å². The summed E-state index contributed by atoms with van der Waals surface area (Å²) in [5.74, 6) is 0.0447. The highest BCUT2D eigenvalue weighted by Crippen LogP contribution is 2.29. The lowest BCUT2D eigenvalue weighted by atomic mass is 10.4. The standard InChI is InChI=1S/C11H9BrO4S/c1-6-4-8(10(17-6)11(13)14)15-5-7-2-3-9(12)16-7/h2-4H,5H2,1H3,(H,13,14). The quantitative estimate of drug-likeness (QED) is 0.934. The first kappa shape index (κ1) is 12.2. The van der Waals surface area contributed by atoms with Crippen molar-refractivity contribution in [3.63, 3.8) is 0 Å². The van der Waals surface area contributed by atoms with E-state index in [1.807, 2.05) is 6.92 Å². The number of ether oxygens (including phenoxy) is 1. The molecule has 17 heavy (non-hydrogen) atoms. The van der Waals surface area contributed by atoms with E-state index in [4.69, 9.17) is 14.3 Å². The third-order valence-electron chi connectivity index (χ3n) is 2.01. The fourth-order valence-corrected chi connectivity index (χ4v) is 2.46. The van der Waals surface area contributed by atoms with Crippen LogP contribution >= 0.6 is 27.3 Å². The molecule has 2 heterocycles. The molecule has 2 rings (SSSR count). The van der Waals surface area contributed by atoms with Crippen LogP contribution in [0.15, 0.2) is 27.3 Å². The average Bonchev–Trinajstić information content (AvgIpc) is 2.82. The molecule has 2 aromatic heterocycles. The van der Waals surface area contributed by atoms with Gasteiger partial charge in [0.05, 0.1) is 0 Å². The van der Waals surface area contributed by atoms with Crippen LogP contribution in [-0.2, 0) is 6.61 Å². The van der Waals surface area contributed by atoms with Crippen molar-refractivity contribution < 1.29 is 19.1 Å². The van der Waals surface area contributed by atoms with E-state index in [2.05, 4.69) is 15.9 Å². The van der Waals surface area contributed by atoms with Crippen LogP contribution in [-0.4, -0.2) is 11.1 Å². The number of carboxylic acids is 1. The Labute approximate surface area is 110 Å². The number of thiophene rings is 1. The van der Waals surface area contributed by atoms with Gasteiger partial charge in [-0.3, -0.25) is 0 Å². The SMILES string of the molecule is Cc1cc(OCc2ccc(Br)o2)c(C(=O)O)s1. The normalized spacial score (nSPS) is 10.5. The van der Waals surface area contributed by atoms with Crippen LogP contribution in [0.4, 0.5) is 0 Å². The molecule has 0 saturated heterocycles. The maximum atomic E-state index is 11.0. The minimum atomic E-state index is -0.973. The predicted molar refractivity (Wildman–Crippen MR) is 66.8 cm³/mol. The summed E-state index contributed by atoms with van der Waals surface area (Å²) in [6, 6.07) is 5.24. The fraction of sp³-hybridized carbons (Fsp3) is 0.182. The Bertz CT molecular complexity index is 543.